The topological polar surface area (TPSA) is 82.2 Å². The van der Waals surface area contributed by atoms with Gasteiger partial charge in [-0.05, 0) is 41.8 Å². The maximum atomic E-state index is 14.1. The van der Waals surface area contributed by atoms with Crippen LogP contribution in [0.1, 0.15) is 39.9 Å². The van der Waals surface area contributed by atoms with Crippen LogP contribution in [0, 0.1) is 11.6 Å². The van der Waals surface area contributed by atoms with E-state index in [1.165, 1.54) is 23.1 Å². The smallest absolute Gasteiger partial charge is 0.255 e. The molecule has 0 aliphatic carbocycles. The minimum Gasteiger partial charge on any atom is -0.489 e. The van der Waals surface area contributed by atoms with Crippen molar-refractivity contribution in [2.24, 2.45) is 0 Å². The second-order valence-electron chi connectivity index (χ2n) is 10.6. The molecule has 8 nitrogen and oxygen atoms in total. The summed E-state index contributed by atoms with van der Waals surface area (Å²) in [5, 5.41) is 2.32. The molecule has 1 atom stereocenters. The number of amides is 3. The molecule has 2 saturated heterocycles. The number of hydrogen-bond donors (Lipinski definition) is 1. The molecule has 2 fully saturated rings. The van der Waals surface area contributed by atoms with Crippen molar-refractivity contribution >= 4 is 23.4 Å². The molecule has 41 heavy (non-hydrogen) atoms. The Morgan fingerprint density at radius 2 is 1.54 bits per heavy atom. The Balaban J connectivity index is 1.03. The van der Waals surface area contributed by atoms with Crippen molar-refractivity contribution in [2.75, 3.05) is 31.1 Å². The number of anilines is 1. The minimum absolute atomic E-state index is 0.0496. The molecule has 10 heteroatoms. The van der Waals surface area contributed by atoms with Gasteiger partial charge in [-0.25, -0.2) is 8.78 Å². The second-order valence-corrected chi connectivity index (χ2v) is 10.6. The highest BCUT2D eigenvalue weighted by molar-refractivity contribution is 6.05. The molecule has 3 amide bonds. The molecule has 3 aliphatic heterocycles. The van der Waals surface area contributed by atoms with E-state index in [9.17, 15) is 23.2 Å². The zero-order valence-corrected chi connectivity index (χ0v) is 22.4. The molecule has 0 saturated carbocycles. The molecule has 1 unspecified atom stereocenters. The zero-order chi connectivity index (χ0) is 28.5. The number of ether oxygens (including phenoxy) is 1. The van der Waals surface area contributed by atoms with Crippen LogP contribution < -0.4 is 15.0 Å². The number of nitrogens with one attached hydrogen (secondary N) is 1. The summed E-state index contributed by atoms with van der Waals surface area (Å²) in [6, 6.07) is 16.7. The zero-order valence-electron chi connectivity index (χ0n) is 22.4. The number of para-hydroxylation sites is 1. The van der Waals surface area contributed by atoms with Gasteiger partial charge in [-0.1, -0.05) is 36.4 Å². The lowest BCUT2D eigenvalue weighted by Crippen LogP contribution is -2.52. The Bertz CT molecular complexity index is 1470. The van der Waals surface area contributed by atoms with Gasteiger partial charge in [0.05, 0.1) is 6.54 Å². The number of rotatable bonds is 7. The predicted molar refractivity (Wildman–Crippen MR) is 147 cm³/mol. The van der Waals surface area contributed by atoms with Crippen LogP contribution >= 0.6 is 0 Å². The summed E-state index contributed by atoms with van der Waals surface area (Å²) in [5.41, 5.74) is 3.41. The van der Waals surface area contributed by atoms with E-state index in [0.29, 0.717) is 50.5 Å². The minimum atomic E-state index is -0.670. The van der Waals surface area contributed by atoms with Crippen LogP contribution in [0.15, 0.2) is 60.7 Å². The van der Waals surface area contributed by atoms with Crippen molar-refractivity contribution in [3.05, 3.63) is 94.6 Å². The number of halogens is 2. The van der Waals surface area contributed by atoms with Gasteiger partial charge < -0.3 is 14.5 Å². The second kappa shape index (κ2) is 11.3. The fourth-order valence-electron chi connectivity index (χ4n) is 5.77. The third kappa shape index (κ3) is 5.52. The normalized spacial score (nSPS) is 19.4. The third-order valence-corrected chi connectivity index (χ3v) is 7.99. The van der Waals surface area contributed by atoms with Crippen molar-refractivity contribution < 1.29 is 27.9 Å². The Kier molecular flexibility index (Phi) is 7.40. The van der Waals surface area contributed by atoms with E-state index in [2.05, 4.69) is 10.2 Å². The number of imide groups is 1. The van der Waals surface area contributed by atoms with E-state index in [1.54, 1.807) is 17.0 Å². The lowest BCUT2D eigenvalue weighted by molar-refractivity contribution is -0.136. The molecule has 0 bridgehead atoms. The molecule has 0 aromatic heterocycles. The number of piperazine rings is 1. The summed E-state index contributed by atoms with van der Waals surface area (Å²) < 4.78 is 34.4. The fourth-order valence-corrected chi connectivity index (χ4v) is 5.77. The van der Waals surface area contributed by atoms with Gasteiger partial charge in [-0.2, -0.15) is 0 Å². The van der Waals surface area contributed by atoms with Gasteiger partial charge in [0, 0.05) is 50.3 Å². The van der Waals surface area contributed by atoms with Crippen molar-refractivity contribution in [3.63, 3.8) is 0 Å². The maximum Gasteiger partial charge on any atom is 0.255 e. The molecule has 0 radical (unpaired) electrons. The number of carbonyl (C=O) groups is 3. The summed E-state index contributed by atoms with van der Waals surface area (Å²) >= 11 is 0. The molecule has 3 aliphatic rings. The molecule has 212 valence electrons. The Morgan fingerprint density at radius 3 is 2.24 bits per heavy atom. The first-order valence-electron chi connectivity index (χ1n) is 13.8. The highest BCUT2D eigenvalue weighted by atomic mass is 19.1. The van der Waals surface area contributed by atoms with Crippen LogP contribution in [0.4, 0.5) is 14.5 Å². The maximum absolute atomic E-state index is 14.1. The summed E-state index contributed by atoms with van der Waals surface area (Å²) in [7, 11) is 0. The van der Waals surface area contributed by atoms with Gasteiger partial charge in [0.25, 0.3) is 5.91 Å². The van der Waals surface area contributed by atoms with E-state index in [1.807, 2.05) is 30.3 Å². The lowest BCUT2D eigenvalue weighted by atomic mass is 10.0. The average Bonchev–Trinajstić information content (AvgIpc) is 3.30. The molecule has 3 heterocycles. The summed E-state index contributed by atoms with van der Waals surface area (Å²) in [6.45, 7) is 3.81. The summed E-state index contributed by atoms with van der Waals surface area (Å²) in [5.74, 6) is -1.46. The fraction of sp³-hybridized carbons (Fsp3) is 0.323. The molecular weight excluding hydrogens is 530 g/mol. The largest absolute Gasteiger partial charge is 0.489 e. The highest BCUT2D eigenvalue weighted by Gasteiger charge is 2.40. The Labute approximate surface area is 236 Å². The highest BCUT2D eigenvalue weighted by Crippen LogP contribution is 2.34. The summed E-state index contributed by atoms with van der Waals surface area (Å²) in [6.07, 6.45) is 0.520. The predicted octanol–water partition coefficient (Wildman–Crippen LogP) is 3.63. The van der Waals surface area contributed by atoms with E-state index in [4.69, 9.17) is 4.74 Å². The van der Waals surface area contributed by atoms with Gasteiger partial charge in [-0.15, -0.1) is 0 Å². The monoisotopic (exact) mass is 560 g/mol. The van der Waals surface area contributed by atoms with Crippen molar-refractivity contribution in [2.45, 2.75) is 38.6 Å². The van der Waals surface area contributed by atoms with E-state index in [-0.39, 0.29) is 30.5 Å². The number of fused-ring (bicyclic) bond motifs is 1. The van der Waals surface area contributed by atoms with Gasteiger partial charge in [0.2, 0.25) is 11.8 Å². The van der Waals surface area contributed by atoms with Crippen molar-refractivity contribution in [1.82, 2.24) is 15.1 Å². The number of carbonyl (C=O) groups excluding carboxylic acids is 3. The lowest BCUT2D eigenvalue weighted by Gasteiger charge is -2.36. The third-order valence-electron chi connectivity index (χ3n) is 7.99. The van der Waals surface area contributed by atoms with Crippen LogP contribution in [0.2, 0.25) is 0 Å². The van der Waals surface area contributed by atoms with Gasteiger partial charge in [0.1, 0.15) is 35.7 Å². The van der Waals surface area contributed by atoms with Crippen LogP contribution in [-0.4, -0.2) is 59.7 Å². The number of piperidine rings is 1. The van der Waals surface area contributed by atoms with E-state index >= 15 is 0 Å². The quantitative estimate of drug-likeness (QED) is 0.445. The van der Waals surface area contributed by atoms with Crippen LogP contribution in [-0.2, 0) is 29.3 Å². The van der Waals surface area contributed by atoms with Crippen molar-refractivity contribution in [1.29, 1.82) is 0 Å². The first kappa shape index (κ1) is 26.9. The van der Waals surface area contributed by atoms with Crippen LogP contribution in [0.25, 0.3) is 0 Å². The first-order valence-corrected chi connectivity index (χ1v) is 13.8. The van der Waals surface area contributed by atoms with Crippen LogP contribution in [0.5, 0.6) is 5.75 Å². The SMILES string of the molecule is O=C1CCC(N2Cc3c(OCc4ccc(CN5CCN(c6c(F)cccc6F)CC5)cc4)cccc3C2=O)C(=O)N1. The molecule has 6 rings (SSSR count). The Hall–Kier alpha value is -4.31. The van der Waals surface area contributed by atoms with Crippen LogP contribution in [0.3, 0.4) is 0 Å². The molecule has 3 aromatic carbocycles. The number of hydrogen-bond acceptors (Lipinski definition) is 6. The van der Waals surface area contributed by atoms with Gasteiger partial charge in [0.15, 0.2) is 0 Å². The number of benzene rings is 3. The first-order chi connectivity index (χ1) is 19.9. The van der Waals surface area contributed by atoms with Crippen molar-refractivity contribution in [3.8, 4) is 5.75 Å². The molecule has 1 N–H and O–H groups in total. The molecule has 3 aromatic rings. The standard InChI is InChI=1S/C31H30F2N4O4/c32-24-4-2-5-25(33)29(24)36-15-13-35(14-16-36)17-20-7-9-21(10-8-20)19-41-27-6-1-3-22-23(27)18-37(31(22)40)26-11-12-28(38)34-30(26)39/h1-10,26H,11-19H2,(H,34,38,39). The number of nitrogens with zero attached hydrogens (tertiary/aromatic N) is 3. The molecular formula is C31H30F2N4O4. The molecule has 0 spiro atoms. The van der Waals surface area contributed by atoms with Gasteiger partial charge >= 0.3 is 0 Å². The Morgan fingerprint density at radius 1 is 0.854 bits per heavy atom. The summed E-state index contributed by atoms with van der Waals surface area (Å²) in [4.78, 5) is 42.5. The average molecular weight is 561 g/mol. The van der Waals surface area contributed by atoms with Gasteiger partial charge in [-0.3, -0.25) is 24.6 Å². The van der Waals surface area contributed by atoms with E-state index < -0.39 is 23.6 Å². The van der Waals surface area contributed by atoms with E-state index in [0.717, 1.165) is 23.2 Å².